The second kappa shape index (κ2) is 3.46. The topological polar surface area (TPSA) is 55.1 Å². The quantitative estimate of drug-likeness (QED) is 0.755. The van der Waals surface area contributed by atoms with Gasteiger partial charge < -0.3 is 11.1 Å². The van der Waals surface area contributed by atoms with Crippen LogP contribution in [-0.2, 0) is 4.79 Å². The molecule has 4 fully saturated rings. The number of primary amides is 1. The van der Waals surface area contributed by atoms with E-state index >= 15 is 0 Å². The van der Waals surface area contributed by atoms with Crippen molar-refractivity contribution in [1.29, 1.82) is 0 Å². The van der Waals surface area contributed by atoms with E-state index in [-0.39, 0.29) is 11.4 Å². The predicted molar refractivity (Wildman–Crippen MR) is 62.6 cm³/mol. The van der Waals surface area contributed by atoms with E-state index in [1.54, 1.807) is 0 Å². The molecule has 90 valence electrons. The summed E-state index contributed by atoms with van der Waals surface area (Å²) in [4.78, 5) is 11.3. The molecular formula is C13H22N2O. The summed E-state index contributed by atoms with van der Waals surface area (Å²) in [6.07, 6.45) is 7.27. The zero-order valence-electron chi connectivity index (χ0n) is 10.0. The van der Waals surface area contributed by atoms with Gasteiger partial charge in [-0.05, 0) is 62.8 Å². The van der Waals surface area contributed by atoms with E-state index < -0.39 is 0 Å². The lowest BCUT2D eigenvalue weighted by molar-refractivity contribution is -0.127. The molecule has 1 amide bonds. The third-order valence-corrected chi connectivity index (χ3v) is 5.53. The van der Waals surface area contributed by atoms with Crippen molar-refractivity contribution in [2.45, 2.75) is 44.1 Å². The minimum atomic E-state index is -0.137. The van der Waals surface area contributed by atoms with Gasteiger partial charge in [0.15, 0.2) is 0 Å². The average molecular weight is 222 g/mol. The molecule has 0 aliphatic heterocycles. The second-order valence-corrected chi connectivity index (χ2v) is 6.24. The molecule has 0 aromatic rings. The standard InChI is InChI=1S/C13H22N2O/c1-15-13(7-12(14)16)10-3-8-2-9(5-10)6-11(13)4-8/h8-11,15H,2-7H2,1H3,(H2,14,16). The van der Waals surface area contributed by atoms with E-state index in [4.69, 9.17) is 5.73 Å². The van der Waals surface area contributed by atoms with Gasteiger partial charge in [0.1, 0.15) is 0 Å². The Bertz CT molecular complexity index is 285. The minimum Gasteiger partial charge on any atom is -0.370 e. The van der Waals surface area contributed by atoms with Gasteiger partial charge >= 0.3 is 0 Å². The van der Waals surface area contributed by atoms with Crippen molar-refractivity contribution in [1.82, 2.24) is 5.32 Å². The van der Waals surface area contributed by atoms with Gasteiger partial charge in [0.25, 0.3) is 0 Å². The lowest BCUT2D eigenvalue weighted by Gasteiger charge is -2.61. The van der Waals surface area contributed by atoms with Crippen molar-refractivity contribution < 1.29 is 4.79 Å². The molecule has 4 aliphatic carbocycles. The number of rotatable bonds is 3. The fourth-order valence-corrected chi connectivity index (χ4v) is 5.10. The van der Waals surface area contributed by atoms with Crippen LogP contribution in [0.25, 0.3) is 0 Å². The minimum absolute atomic E-state index is 0.0409. The molecule has 3 heteroatoms. The van der Waals surface area contributed by atoms with E-state index in [2.05, 4.69) is 5.32 Å². The molecule has 4 bridgehead atoms. The second-order valence-electron chi connectivity index (χ2n) is 6.24. The fraction of sp³-hybridized carbons (Fsp3) is 0.923. The molecule has 0 unspecified atom stereocenters. The van der Waals surface area contributed by atoms with Crippen LogP contribution in [0.5, 0.6) is 0 Å². The van der Waals surface area contributed by atoms with Crippen molar-refractivity contribution in [3.8, 4) is 0 Å². The largest absolute Gasteiger partial charge is 0.370 e. The molecule has 3 N–H and O–H groups in total. The molecule has 4 aliphatic rings. The Hall–Kier alpha value is -0.570. The highest BCUT2D eigenvalue weighted by Gasteiger charge is 2.56. The molecule has 0 spiro atoms. The van der Waals surface area contributed by atoms with E-state index in [9.17, 15) is 4.79 Å². The summed E-state index contributed by atoms with van der Waals surface area (Å²) >= 11 is 0. The summed E-state index contributed by atoms with van der Waals surface area (Å²) in [7, 11) is 2.02. The SMILES string of the molecule is CNC1(CC(N)=O)C2CC3CC(C2)CC1C3. The summed E-state index contributed by atoms with van der Waals surface area (Å²) in [5.41, 5.74) is 5.50. The summed E-state index contributed by atoms with van der Waals surface area (Å²) in [6, 6.07) is 0. The number of hydrogen-bond donors (Lipinski definition) is 2. The maximum Gasteiger partial charge on any atom is 0.219 e. The normalized spacial score (nSPS) is 49.6. The molecule has 0 aromatic heterocycles. The van der Waals surface area contributed by atoms with E-state index in [1.807, 2.05) is 7.05 Å². The summed E-state index contributed by atoms with van der Waals surface area (Å²) in [5.74, 6) is 3.14. The molecule has 0 aromatic carbocycles. The lowest BCUT2D eigenvalue weighted by atomic mass is 9.48. The maximum atomic E-state index is 11.3. The van der Waals surface area contributed by atoms with Gasteiger partial charge in [0.2, 0.25) is 5.91 Å². The highest BCUT2D eigenvalue weighted by Crippen LogP contribution is 2.59. The Labute approximate surface area is 97.2 Å². The Morgan fingerprint density at radius 2 is 1.69 bits per heavy atom. The van der Waals surface area contributed by atoms with Crippen LogP contribution in [0.1, 0.15) is 38.5 Å². The molecule has 0 radical (unpaired) electrons. The number of carbonyl (C=O) groups excluding carboxylic acids is 1. The summed E-state index contributed by atoms with van der Waals surface area (Å²) in [5, 5.41) is 3.49. The number of amides is 1. The van der Waals surface area contributed by atoms with Gasteiger partial charge in [-0.3, -0.25) is 4.79 Å². The maximum absolute atomic E-state index is 11.3. The molecule has 0 atom stereocenters. The first-order valence-electron chi connectivity index (χ1n) is 6.61. The van der Waals surface area contributed by atoms with Gasteiger partial charge in [-0.1, -0.05) is 0 Å². The van der Waals surface area contributed by atoms with Crippen molar-refractivity contribution >= 4 is 5.91 Å². The first-order chi connectivity index (χ1) is 7.64. The number of carbonyl (C=O) groups is 1. The average Bonchev–Trinajstić information content (AvgIpc) is 2.22. The lowest BCUT2D eigenvalue weighted by Crippen LogP contribution is -2.65. The van der Waals surface area contributed by atoms with Crippen molar-refractivity contribution in [3.05, 3.63) is 0 Å². The summed E-state index contributed by atoms with van der Waals surface area (Å²) < 4.78 is 0. The fourth-order valence-electron chi connectivity index (χ4n) is 5.10. The number of nitrogens with one attached hydrogen (secondary N) is 1. The monoisotopic (exact) mass is 222 g/mol. The molecule has 16 heavy (non-hydrogen) atoms. The third-order valence-electron chi connectivity index (χ3n) is 5.53. The van der Waals surface area contributed by atoms with Crippen molar-refractivity contribution in [2.24, 2.45) is 29.4 Å². The van der Waals surface area contributed by atoms with E-state index in [0.717, 1.165) is 11.8 Å². The van der Waals surface area contributed by atoms with Crippen LogP contribution in [0.2, 0.25) is 0 Å². The Morgan fingerprint density at radius 3 is 2.06 bits per heavy atom. The number of nitrogens with two attached hydrogens (primary N) is 1. The Morgan fingerprint density at radius 1 is 1.19 bits per heavy atom. The first-order valence-corrected chi connectivity index (χ1v) is 6.61. The van der Waals surface area contributed by atoms with Crippen LogP contribution in [0.3, 0.4) is 0 Å². The van der Waals surface area contributed by atoms with Crippen molar-refractivity contribution in [3.63, 3.8) is 0 Å². The smallest absolute Gasteiger partial charge is 0.219 e. The Balaban J connectivity index is 1.90. The third kappa shape index (κ3) is 1.33. The van der Waals surface area contributed by atoms with Crippen LogP contribution >= 0.6 is 0 Å². The molecule has 3 nitrogen and oxygen atoms in total. The predicted octanol–water partition coefficient (Wildman–Crippen LogP) is 1.28. The first kappa shape index (κ1) is 10.6. The van der Waals surface area contributed by atoms with Gasteiger partial charge in [0.05, 0.1) is 0 Å². The van der Waals surface area contributed by atoms with Gasteiger partial charge in [-0.25, -0.2) is 0 Å². The van der Waals surface area contributed by atoms with Gasteiger partial charge in [-0.15, -0.1) is 0 Å². The highest BCUT2D eigenvalue weighted by atomic mass is 16.1. The van der Waals surface area contributed by atoms with Gasteiger partial charge in [-0.2, -0.15) is 0 Å². The van der Waals surface area contributed by atoms with Crippen LogP contribution in [0, 0.1) is 23.7 Å². The van der Waals surface area contributed by atoms with Gasteiger partial charge in [0, 0.05) is 12.0 Å². The zero-order chi connectivity index (χ0) is 11.3. The molecule has 0 saturated heterocycles. The van der Waals surface area contributed by atoms with Crippen LogP contribution in [-0.4, -0.2) is 18.5 Å². The molecule has 4 rings (SSSR count). The van der Waals surface area contributed by atoms with E-state index in [1.165, 1.54) is 32.1 Å². The molecular weight excluding hydrogens is 200 g/mol. The summed E-state index contributed by atoms with van der Waals surface area (Å²) in [6.45, 7) is 0. The Kier molecular flexibility index (Phi) is 2.29. The van der Waals surface area contributed by atoms with Crippen LogP contribution in [0.15, 0.2) is 0 Å². The van der Waals surface area contributed by atoms with E-state index in [0.29, 0.717) is 18.3 Å². The molecule has 4 saturated carbocycles. The number of hydrogen-bond acceptors (Lipinski definition) is 2. The molecule has 0 heterocycles. The highest BCUT2D eigenvalue weighted by molar-refractivity contribution is 5.75. The van der Waals surface area contributed by atoms with Crippen LogP contribution < -0.4 is 11.1 Å². The van der Waals surface area contributed by atoms with Crippen LogP contribution in [0.4, 0.5) is 0 Å². The van der Waals surface area contributed by atoms with Crippen molar-refractivity contribution in [2.75, 3.05) is 7.05 Å². The zero-order valence-corrected chi connectivity index (χ0v) is 10.0.